The van der Waals surface area contributed by atoms with Crippen molar-refractivity contribution in [3.8, 4) is 5.75 Å². The summed E-state index contributed by atoms with van der Waals surface area (Å²) in [6.07, 6.45) is 0. The van der Waals surface area contributed by atoms with Gasteiger partial charge in [0.2, 0.25) is 0 Å². The molecule has 1 aromatic carbocycles. The van der Waals surface area contributed by atoms with E-state index in [-0.39, 0.29) is 0 Å². The molecule has 0 aromatic heterocycles. The van der Waals surface area contributed by atoms with Crippen molar-refractivity contribution in [1.82, 2.24) is 5.32 Å². The molecular weight excluding hydrogens is 244 g/mol. The summed E-state index contributed by atoms with van der Waals surface area (Å²) in [5.41, 5.74) is 2.59. The van der Waals surface area contributed by atoms with Gasteiger partial charge in [0.15, 0.2) is 0 Å². The Morgan fingerprint density at radius 3 is 2.67 bits per heavy atom. The summed E-state index contributed by atoms with van der Waals surface area (Å²) in [6.45, 7) is 4.43. The Morgan fingerprint density at radius 2 is 2.06 bits per heavy atom. The summed E-state index contributed by atoms with van der Waals surface area (Å²) in [7, 11) is 3.74. The highest BCUT2D eigenvalue weighted by Crippen LogP contribution is 2.35. The van der Waals surface area contributed by atoms with Crippen molar-refractivity contribution in [3.63, 3.8) is 0 Å². The van der Waals surface area contributed by atoms with E-state index in [1.165, 1.54) is 22.8 Å². The molecule has 1 aliphatic rings. The number of ether oxygens (including phenoxy) is 1. The molecule has 1 atom stereocenters. The summed E-state index contributed by atoms with van der Waals surface area (Å²) in [5.74, 6) is 3.40. The number of hydrogen-bond acceptors (Lipinski definition) is 4. The molecule has 0 bridgehead atoms. The number of nitrogens with zero attached hydrogens (tertiary/aromatic N) is 1. The standard InChI is InChI=1S/C14H22N2OS/c1-11(15-2)14-12(5-4-6-13(14)17-3)16-7-9-18-10-8-16/h4-6,11,15H,7-10H2,1-3H3. The fraction of sp³-hybridized carbons (Fsp3) is 0.571. The van der Waals surface area contributed by atoms with Crippen LogP contribution in [0.2, 0.25) is 0 Å². The molecule has 1 N–H and O–H groups in total. The normalized spacial score (nSPS) is 17.6. The molecule has 18 heavy (non-hydrogen) atoms. The molecule has 100 valence electrons. The van der Waals surface area contributed by atoms with E-state index in [2.05, 4.69) is 29.3 Å². The number of hydrogen-bond donors (Lipinski definition) is 1. The summed E-state index contributed by atoms with van der Waals surface area (Å²) >= 11 is 2.03. The predicted molar refractivity (Wildman–Crippen MR) is 80.0 cm³/mol. The SMILES string of the molecule is CNC(C)c1c(OC)cccc1N1CCSCC1. The Hall–Kier alpha value is -0.870. The molecule has 1 aliphatic heterocycles. The van der Waals surface area contributed by atoms with Crippen molar-refractivity contribution < 1.29 is 4.74 Å². The molecule has 0 radical (unpaired) electrons. The molecule has 0 spiro atoms. The van der Waals surface area contributed by atoms with Crippen LogP contribution in [0.3, 0.4) is 0 Å². The molecule has 4 heteroatoms. The topological polar surface area (TPSA) is 24.5 Å². The first kappa shape index (κ1) is 13.6. The first-order valence-electron chi connectivity index (χ1n) is 6.44. The average Bonchev–Trinajstić information content (AvgIpc) is 2.46. The Morgan fingerprint density at radius 1 is 1.33 bits per heavy atom. The molecule has 1 fully saturated rings. The number of nitrogens with one attached hydrogen (secondary N) is 1. The molecule has 0 aliphatic carbocycles. The predicted octanol–water partition coefficient (Wildman–Crippen LogP) is 2.53. The minimum atomic E-state index is 0.297. The van der Waals surface area contributed by atoms with Crippen molar-refractivity contribution in [2.45, 2.75) is 13.0 Å². The van der Waals surface area contributed by atoms with Gasteiger partial charge in [0.05, 0.1) is 7.11 Å². The van der Waals surface area contributed by atoms with Gasteiger partial charge in [0.25, 0.3) is 0 Å². The van der Waals surface area contributed by atoms with E-state index in [4.69, 9.17) is 4.74 Å². The molecule has 0 saturated carbocycles. The quantitative estimate of drug-likeness (QED) is 0.905. The second-order valence-corrected chi connectivity index (χ2v) is 5.73. The van der Waals surface area contributed by atoms with Crippen LogP contribution in [-0.2, 0) is 0 Å². The van der Waals surface area contributed by atoms with E-state index in [9.17, 15) is 0 Å². The van der Waals surface area contributed by atoms with Gasteiger partial charge in [-0.15, -0.1) is 0 Å². The zero-order chi connectivity index (χ0) is 13.0. The Bertz CT molecular complexity index is 391. The van der Waals surface area contributed by atoms with Gasteiger partial charge in [-0.25, -0.2) is 0 Å². The van der Waals surface area contributed by atoms with E-state index in [1.54, 1.807) is 7.11 Å². The zero-order valence-electron chi connectivity index (χ0n) is 11.4. The monoisotopic (exact) mass is 266 g/mol. The number of benzene rings is 1. The molecule has 1 heterocycles. The maximum absolute atomic E-state index is 5.53. The smallest absolute Gasteiger partial charge is 0.125 e. The Labute approximate surface area is 114 Å². The first-order valence-corrected chi connectivity index (χ1v) is 7.60. The van der Waals surface area contributed by atoms with Gasteiger partial charge in [-0.1, -0.05) is 6.07 Å². The summed E-state index contributed by atoms with van der Waals surface area (Å²) < 4.78 is 5.53. The Balaban J connectivity index is 2.38. The van der Waals surface area contributed by atoms with Crippen LogP contribution in [0.25, 0.3) is 0 Å². The molecule has 1 unspecified atom stereocenters. The van der Waals surface area contributed by atoms with E-state index < -0.39 is 0 Å². The lowest BCUT2D eigenvalue weighted by atomic mass is 10.0. The third-order valence-electron chi connectivity index (χ3n) is 3.48. The second-order valence-electron chi connectivity index (χ2n) is 4.50. The van der Waals surface area contributed by atoms with E-state index in [1.807, 2.05) is 24.9 Å². The van der Waals surface area contributed by atoms with Crippen LogP contribution < -0.4 is 15.0 Å². The second kappa shape index (κ2) is 6.34. The fourth-order valence-electron chi connectivity index (χ4n) is 2.37. The summed E-state index contributed by atoms with van der Waals surface area (Å²) in [5, 5.41) is 3.32. The minimum absolute atomic E-state index is 0.297. The maximum Gasteiger partial charge on any atom is 0.125 e. The van der Waals surface area contributed by atoms with E-state index in [0.29, 0.717) is 6.04 Å². The van der Waals surface area contributed by atoms with Gasteiger partial charge in [-0.2, -0.15) is 11.8 Å². The number of rotatable bonds is 4. The van der Waals surface area contributed by atoms with Crippen molar-refractivity contribution in [1.29, 1.82) is 0 Å². The Kier molecular flexibility index (Phi) is 4.78. The van der Waals surface area contributed by atoms with Crippen LogP contribution in [0.1, 0.15) is 18.5 Å². The fourth-order valence-corrected chi connectivity index (χ4v) is 3.27. The van der Waals surface area contributed by atoms with E-state index in [0.717, 1.165) is 18.8 Å². The van der Waals surface area contributed by atoms with Gasteiger partial charge in [-0.3, -0.25) is 0 Å². The zero-order valence-corrected chi connectivity index (χ0v) is 12.2. The molecular formula is C14H22N2OS. The van der Waals surface area contributed by atoms with Gasteiger partial charge >= 0.3 is 0 Å². The molecule has 1 saturated heterocycles. The highest BCUT2D eigenvalue weighted by Gasteiger charge is 2.20. The summed E-state index contributed by atoms with van der Waals surface area (Å²) in [4.78, 5) is 2.47. The average molecular weight is 266 g/mol. The van der Waals surface area contributed by atoms with Crippen LogP contribution in [0.15, 0.2) is 18.2 Å². The molecule has 0 amide bonds. The van der Waals surface area contributed by atoms with E-state index >= 15 is 0 Å². The largest absolute Gasteiger partial charge is 0.496 e. The minimum Gasteiger partial charge on any atom is -0.496 e. The van der Waals surface area contributed by atoms with Crippen molar-refractivity contribution in [2.24, 2.45) is 0 Å². The molecule has 3 nitrogen and oxygen atoms in total. The molecule has 1 aromatic rings. The van der Waals surface area contributed by atoms with Gasteiger partial charge in [0.1, 0.15) is 5.75 Å². The number of methoxy groups -OCH3 is 1. The van der Waals surface area contributed by atoms with Crippen molar-refractivity contribution >= 4 is 17.4 Å². The lowest BCUT2D eigenvalue weighted by molar-refractivity contribution is 0.404. The van der Waals surface area contributed by atoms with Crippen LogP contribution in [0.4, 0.5) is 5.69 Å². The lowest BCUT2D eigenvalue weighted by Gasteiger charge is -2.32. The van der Waals surface area contributed by atoms with Crippen LogP contribution >= 0.6 is 11.8 Å². The highest BCUT2D eigenvalue weighted by atomic mass is 32.2. The number of thioether (sulfide) groups is 1. The number of anilines is 1. The van der Waals surface area contributed by atoms with Gasteiger partial charge in [0, 0.05) is 41.9 Å². The maximum atomic E-state index is 5.53. The van der Waals surface area contributed by atoms with Gasteiger partial charge in [-0.05, 0) is 26.1 Å². The highest BCUT2D eigenvalue weighted by molar-refractivity contribution is 7.99. The van der Waals surface area contributed by atoms with Gasteiger partial charge < -0.3 is 15.0 Å². The third kappa shape index (κ3) is 2.75. The summed E-state index contributed by atoms with van der Waals surface area (Å²) in [6, 6.07) is 6.64. The van der Waals surface area contributed by atoms with Crippen LogP contribution in [0.5, 0.6) is 5.75 Å². The van der Waals surface area contributed by atoms with Crippen LogP contribution in [0, 0.1) is 0 Å². The van der Waals surface area contributed by atoms with Crippen molar-refractivity contribution in [3.05, 3.63) is 23.8 Å². The third-order valence-corrected chi connectivity index (χ3v) is 4.42. The van der Waals surface area contributed by atoms with Crippen molar-refractivity contribution in [2.75, 3.05) is 43.7 Å². The lowest BCUT2D eigenvalue weighted by Crippen LogP contribution is -2.34. The molecule has 2 rings (SSSR count). The first-order chi connectivity index (χ1) is 8.77. The van der Waals surface area contributed by atoms with Crippen LogP contribution in [-0.4, -0.2) is 38.8 Å².